The average molecular weight is 273 g/mol. The van der Waals surface area contributed by atoms with Crippen LogP contribution in [-0.2, 0) is 0 Å². The third kappa shape index (κ3) is 2.18. The van der Waals surface area contributed by atoms with Crippen LogP contribution in [0.4, 0.5) is 14.5 Å². The molecule has 1 atom stereocenters. The Hall–Kier alpha value is -2.23. The van der Waals surface area contributed by atoms with Crippen molar-refractivity contribution in [1.29, 1.82) is 0 Å². The SMILES string of the molecule is O=C(c1ccc(F)c(F)c1)C1CCNc2ccccc21. The normalized spacial score (nSPS) is 17.2. The van der Waals surface area contributed by atoms with Crippen LogP contribution in [0.25, 0.3) is 0 Å². The second kappa shape index (κ2) is 5.04. The maximum Gasteiger partial charge on any atom is 0.170 e. The van der Waals surface area contributed by atoms with Gasteiger partial charge in [0.2, 0.25) is 0 Å². The predicted octanol–water partition coefficient (Wildman–Crippen LogP) is 3.75. The largest absolute Gasteiger partial charge is 0.385 e. The molecule has 0 aliphatic carbocycles. The first kappa shape index (κ1) is 12.8. The highest BCUT2D eigenvalue weighted by molar-refractivity contribution is 6.02. The van der Waals surface area contributed by atoms with Crippen LogP contribution >= 0.6 is 0 Å². The summed E-state index contributed by atoms with van der Waals surface area (Å²) in [5.41, 5.74) is 2.05. The summed E-state index contributed by atoms with van der Waals surface area (Å²) in [6.45, 7) is 0.692. The zero-order chi connectivity index (χ0) is 14.1. The zero-order valence-corrected chi connectivity index (χ0v) is 10.7. The molecule has 3 rings (SSSR count). The fourth-order valence-corrected chi connectivity index (χ4v) is 2.59. The molecule has 1 aliphatic heterocycles. The smallest absolute Gasteiger partial charge is 0.170 e. The number of hydrogen-bond donors (Lipinski definition) is 1. The van der Waals surface area contributed by atoms with Crippen molar-refractivity contribution in [1.82, 2.24) is 0 Å². The molecule has 4 heteroatoms. The Morgan fingerprint density at radius 3 is 2.70 bits per heavy atom. The van der Waals surface area contributed by atoms with Gasteiger partial charge in [0, 0.05) is 17.8 Å². The van der Waals surface area contributed by atoms with Gasteiger partial charge in [-0.05, 0) is 36.2 Å². The van der Waals surface area contributed by atoms with Crippen LogP contribution in [0.1, 0.15) is 28.3 Å². The van der Waals surface area contributed by atoms with Crippen molar-refractivity contribution < 1.29 is 13.6 Å². The van der Waals surface area contributed by atoms with Crippen LogP contribution in [0.15, 0.2) is 42.5 Å². The number of anilines is 1. The number of nitrogens with one attached hydrogen (secondary N) is 1. The topological polar surface area (TPSA) is 29.1 Å². The van der Waals surface area contributed by atoms with Crippen molar-refractivity contribution >= 4 is 11.5 Å². The Morgan fingerprint density at radius 2 is 1.90 bits per heavy atom. The molecule has 0 fully saturated rings. The molecule has 0 saturated heterocycles. The first-order valence-electron chi connectivity index (χ1n) is 6.49. The number of para-hydroxylation sites is 1. The molecule has 2 aromatic carbocycles. The van der Waals surface area contributed by atoms with Gasteiger partial charge < -0.3 is 5.32 Å². The number of ketones is 1. The summed E-state index contributed by atoms with van der Waals surface area (Å²) in [4.78, 5) is 12.5. The van der Waals surface area contributed by atoms with Gasteiger partial charge in [-0.2, -0.15) is 0 Å². The highest BCUT2D eigenvalue weighted by Gasteiger charge is 2.27. The molecule has 2 nitrogen and oxygen atoms in total. The van der Waals surface area contributed by atoms with Crippen LogP contribution in [0.2, 0.25) is 0 Å². The first-order chi connectivity index (χ1) is 9.66. The van der Waals surface area contributed by atoms with Crippen LogP contribution < -0.4 is 5.32 Å². The maximum absolute atomic E-state index is 13.3. The number of carbonyl (C=O) groups is 1. The van der Waals surface area contributed by atoms with Gasteiger partial charge in [-0.25, -0.2) is 8.78 Å². The minimum absolute atomic E-state index is 0.169. The Labute approximate surface area is 115 Å². The van der Waals surface area contributed by atoms with Crippen molar-refractivity contribution in [3.63, 3.8) is 0 Å². The number of fused-ring (bicyclic) bond motifs is 1. The van der Waals surface area contributed by atoms with Gasteiger partial charge in [0.05, 0.1) is 5.92 Å². The van der Waals surface area contributed by atoms with E-state index in [1.807, 2.05) is 24.3 Å². The van der Waals surface area contributed by atoms with E-state index in [9.17, 15) is 13.6 Å². The predicted molar refractivity (Wildman–Crippen MR) is 73.0 cm³/mol. The van der Waals surface area contributed by atoms with Gasteiger partial charge >= 0.3 is 0 Å². The van der Waals surface area contributed by atoms with Crippen LogP contribution in [0.5, 0.6) is 0 Å². The van der Waals surface area contributed by atoms with E-state index in [1.54, 1.807) is 0 Å². The minimum atomic E-state index is -0.988. The standard InChI is InChI=1S/C16H13F2NO/c17-13-6-5-10(9-14(13)18)16(20)12-7-8-19-15-4-2-1-3-11(12)15/h1-6,9,12,19H,7-8H2. The van der Waals surface area contributed by atoms with E-state index in [0.29, 0.717) is 13.0 Å². The summed E-state index contributed by atoms with van der Waals surface area (Å²) in [7, 11) is 0. The lowest BCUT2D eigenvalue weighted by atomic mass is 9.85. The molecule has 1 N–H and O–H groups in total. The average Bonchev–Trinajstić information content (AvgIpc) is 2.49. The molecule has 0 bridgehead atoms. The molecule has 1 unspecified atom stereocenters. The van der Waals surface area contributed by atoms with E-state index in [2.05, 4.69) is 5.32 Å². The second-order valence-corrected chi connectivity index (χ2v) is 4.85. The maximum atomic E-state index is 13.3. The lowest BCUT2D eigenvalue weighted by Gasteiger charge is -2.25. The van der Waals surface area contributed by atoms with Gasteiger partial charge in [-0.3, -0.25) is 4.79 Å². The Balaban J connectivity index is 1.97. The minimum Gasteiger partial charge on any atom is -0.385 e. The molecule has 0 radical (unpaired) electrons. The molecule has 0 saturated carbocycles. The summed E-state index contributed by atoms with van der Waals surface area (Å²) in [5, 5.41) is 3.23. The lowest BCUT2D eigenvalue weighted by Crippen LogP contribution is -2.23. The van der Waals surface area contributed by atoms with Gasteiger partial charge in [0.15, 0.2) is 17.4 Å². The number of rotatable bonds is 2. The van der Waals surface area contributed by atoms with Crippen molar-refractivity contribution in [3.05, 3.63) is 65.2 Å². The molecule has 2 aromatic rings. The first-order valence-corrected chi connectivity index (χ1v) is 6.49. The molecule has 0 aromatic heterocycles. The van der Waals surface area contributed by atoms with Gasteiger partial charge in [0.25, 0.3) is 0 Å². The fourth-order valence-electron chi connectivity index (χ4n) is 2.59. The van der Waals surface area contributed by atoms with E-state index in [4.69, 9.17) is 0 Å². The quantitative estimate of drug-likeness (QED) is 0.844. The number of benzene rings is 2. The molecule has 102 valence electrons. The molecule has 20 heavy (non-hydrogen) atoms. The van der Waals surface area contributed by atoms with Gasteiger partial charge in [-0.15, -0.1) is 0 Å². The van der Waals surface area contributed by atoms with Crippen molar-refractivity contribution in [2.75, 3.05) is 11.9 Å². The van der Waals surface area contributed by atoms with Gasteiger partial charge in [0.1, 0.15) is 0 Å². The summed E-state index contributed by atoms with van der Waals surface area (Å²) < 4.78 is 26.2. The van der Waals surface area contributed by atoms with Gasteiger partial charge in [-0.1, -0.05) is 18.2 Å². The number of halogens is 2. The Kier molecular flexibility index (Phi) is 3.22. The zero-order valence-electron chi connectivity index (χ0n) is 10.7. The molecular weight excluding hydrogens is 260 g/mol. The van der Waals surface area contributed by atoms with E-state index >= 15 is 0 Å². The Bertz CT molecular complexity index is 669. The number of hydrogen-bond acceptors (Lipinski definition) is 2. The van der Waals surface area contributed by atoms with E-state index < -0.39 is 11.6 Å². The highest BCUT2D eigenvalue weighted by Crippen LogP contribution is 2.33. The molecule has 0 amide bonds. The summed E-state index contributed by atoms with van der Waals surface area (Å²) >= 11 is 0. The summed E-state index contributed by atoms with van der Waals surface area (Å²) in [5.74, 6) is -2.40. The monoisotopic (exact) mass is 273 g/mol. The highest BCUT2D eigenvalue weighted by atomic mass is 19.2. The molecular formula is C16H13F2NO. The van der Waals surface area contributed by atoms with Crippen molar-refractivity contribution in [3.8, 4) is 0 Å². The van der Waals surface area contributed by atoms with E-state index in [1.165, 1.54) is 6.07 Å². The van der Waals surface area contributed by atoms with Crippen molar-refractivity contribution in [2.45, 2.75) is 12.3 Å². The number of Topliss-reactive ketones (excluding diaryl/α,β-unsaturated/α-hetero) is 1. The van der Waals surface area contributed by atoms with Crippen molar-refractivity contribution in [2.24, 2.45) is 0 Å². The van der Waals surface area contributed by atoms with E-state index in [0.717, 1.165) is 23.4 Å². The molecule has 1 aliphatic rings. The van der Waals surface area contributed by atoms with E-state index in [-0.39, 0.29) is 17.3 Å². The third-order valence-corrected chi connectivity index (χ3v) is 3.61. The fraction of sp³-hybridized carbons (Fsp3) is 0.188. The Morgan fingerprint density at radius 1 is 1.10 bits per heavy atom. The molecule has 0 spiro atoms. The van der Waals surface area contributed by atoms with Crippen LogP contribution in [0.3, 0.4) is 0 Å². The summed E-state index contributed by atoms with van der Waals surface area (Å²) in [6.07, 6.45) is 0.648. The second-order valence-electron chi connectivity index (χ2n) is 4.85. The lowest BCUT2D eigenvalue weighted by molar-refractivity contribution is 0.0955. The third-order valence-electron chi connectivity index (χ3n) is 3.61. The number of carbonyl (C=O) groups excluding carboxylic acids is 1. The summed E-state index contributed by atoms with van der Waals surface area (Å²) in [6, 6.07) is 10.9. The molecule has 1 heterocycles. The van der Waals surface area contributed by atoms with Crippen LogP contribution in [0, 0.1) is 11.6 Å². The van der Waals surface area contributed by atoms with Crippen LogP contribution in [-0.4, -0.2) is 12.3 Å².